The van der Waals surface area contributed by atoms with Gasteiger partial charge in [-0.15, -0.1) is 0 Å². The van der Waals surface area contributed by atoms with E-state index in [0.717, 1.165) is 71.7 Å². The van der Waals surface area contributed by atoms with Crippen LogP contribution in [0.2, 0.25) is 0 Å². The smallest absolute Gasteiger partial charge is 0.254 e. The summed E-state index contributed by atoms with van der Waals surface area (Å²) in [5.74, 6) is -0.307. The van der Waals surface area contributed by atoms with E-state index < -0.39 is 0 Å². The summed E-state index contributed by atoms with van der Waals surface area (Å²) in [5, 5.41) is 0. The first-order chi connectivity index (χ1) is 18.9. The molecule has 0 aliphatic carbocycles. The molecule has 3 aromatic rings. The van der Waals surface area contributed by atoms with E-state index in [2.05, 4.69) is 31.9 Å². The molecule has 2 amide bonds. The van der Waals surface area contributed by atoms with Gasteiger partial charge in [-0.25, -0.2) is 0 Å². The lowest BCUT2D eigenvalue weighted by atomic mass is 9.85. The maximum absolute atomic E-state index is 14.3. The van der Waals surface area contributed by atoms with Gasteiger partial charge in [-0.2, -0.15) is 0 Å². The fraction of sp³-hybridized carbons (Fsp3) is 0.344. The van der Waals surface area contributed by atoms with E-state index in [-0.39, 0.29) is 24.0 Å². The first kappa shape index (κ1) is 27.8. The van der Waals surface area contributed by atoms with Crippen molar-refractivity contribution in [2.75, 3.05) is 26.2 Å². The van der Waals surface area contributed by atoms with Crippen molar-refractivity contribution in [3.05, 3.63) is 91.9 Å². The molecule has 0 atom stereocenters. The fourth-order valence-corrected chi connectivity index (χ4v) is 6.11. The molecule has 39 heavy (non-hydrogen) atoms. The van der Waals surface area contributed by atoms with Crippen LogP contribution in [-0.2, 0) is 11.2 Å². The van der Waals surface area contributed by atoms with Gasteiger partial charge in [0.1, 0.15) is 0 Å². The summed E-state index contributed by atoms with van der Waals surface area (Å²) in [6, 6.07) is 18.7. The van der Waals surface area contributed by atoms with Gasteiger partial charge >= 0.3 is 0 Å². The van der Waals surface area contributed by atoms with Crippen molar-refractivity contribution >= 4 is 49.5 Å². The van der Waals surface area contributed by atoms with Crippen molar-refractivity contribution in [3.63, 3.8) is 0 Å². The molecule has 0 bridgehead atoms. The van der Waals surface area contributed by atoms with E-state index in [1.54, 1.807) is 12.1 Å². The van der Waals surface area contributed by atoms with Gasteiger partial charge in [0, 0.05) is 51.8 Å². The Labute approximate surface area is 246 Å². The molecule has 0 unspecified atom stereocenters. The number of carbonyl (C=O) groups is 3. The van der Waals surface area contributed by atoms with Gasteiger partial charge in [-0.05, 0) is 97.7 Å². The number of ketones is 1. The highest BCUT2D eigenvalue weighted by atomic mass is 79.9. The van der Waals surface area contributed by atoms with Crippen LogP contribution in [0.25, 0.3) is 11.1 Å². The van der Waals surface area contributed by atoms with Crippen LogP contribution in [0.15, 0.2) is 69.6 Å². The van der Waals surface area contributed by atoms with Gasteiger partial charge in [-0.1, -0.05) is 50.1 Å². The van der Waals surface area contributed by atoms with Crippen LogP contribution in [0.4, 0.5) is 0 Å². The summed E-state index contributed by atoms with van der Waals surface area (Å²) in [5.41, 5.74) is 3.55. The minimum atomic E-state index is -0.185. The van der Waals surface area contributed by atoms with Crippen LogP contribution in [0, 0.1) is 0 Å². The number of halogens is 2. The van der Waals surface area contributed by atoms with Crippen LogP contribution < -0.4 is 0 Å². The Hall–Kier alpha value is -2.77. The monoisotopic (exact) mass is 650 g/mol. The van der Waals surface area contributed by atoms with Gasteiger partial charge in [0.15, 0.2) is 5.78 Å². The first-order valence-electron chi connectivity index (χ1n) is 13.7. The van der Waals surface area contributed by atoms with E-state index in [1.807, 2.05) is 58.3 Å². The largest absolute Gasteiger partial charge is 0.342 e. The zero-order valence-electron chi connectivity index (χ0n) is 21.9. The summed E-state index contributed by atoms with van der Waals surface area (Å²) in [6.45, 7) is 2.83. The minimum Gasteiger partial charge on any atom is -0.342 e. The predicted octanol–water partition coefficient (Wildman–Crippen LogP) is 7.29. The normalized spacial score (nSPS) is 15.7. The van der Waals surface area contributed by atoms with Crippen molar-refractivity contribution in [1.29, 1.82) is 0 Å². The van der Waals surface area contributed by atoms with Crippen molar-refractivity contribution in [2.45, 2.75) is 44.9 Å². The highest BCUT2D eigenvalue weighted by Crippen LogP contribution is 2.34. The van der Waals surface area contributed by atoms with Crippen molar-refractivity contribution < 1.29 is 14.4 Å². The second-order valence-electron chi connectivity index (χ2n) is 10.3. The number of hydrogen-bond acceptors (Lipinski definition) is 3. The summed E-state index contributed by atoms with van der Waals surface area (Å²) in [7, 11) is 0. The number of hydrogen-bond donors (Lipinski definition) is 0. The second kappa shape index (κ2) is 12.6. The Bertz CT molecular complexity index is 1360. The molecule has 5 rings (SSSR count). The summed E-state index contributed by atoms with van der Waals surface area (Å²) in [6.07, 6.45) is 6.15. The van der Waals surface area contributed by atoms with Crippen molar-refractivity contribution in [3.8, 4) is 11.1 Å². The molecule has 2 heterocycles. The lowest BCUT2D eigenvalue weighted by Crippen LogP contribution is -2.39. The molecule has 2 saturated heterocycles. The summed E-state index contributed by atoms with van der Waals surface area (Å²) >= 11 is 6.96. The van der Waals surface area contributed by atoms with Crippen LogP contribution >= 0.6 is 31.9 Å². The number of benzene rings is 3. The molecule has 202 valence electrons. The zero-order valence-corrected chi connectivity index (χ0v) is 25.1. The van der Waals surface area contributed by atoms with Gasteiger partial charge in [0.25, 0.3) is 5.91 Å². The molecular formula is C32H32Br2N2O3. The van der Waals surface area contributed by atoms with Crippen LogP contribution in [0.3, 0.4) is 0 Å². The molecule has 2 aliphatic heterocycles. The van der Waals surface area contributed by atoms with Crippen molar-refractivity contribution in [2.24, 2.45) is 0 Å². The molecule has 0 aromatic heterocycles. The molecule has 0 spiro atoms. The Balaban J connectivity index is 1.68. The van der Waals surface area contributed by atoms with E-state index in [0.29, 0.717) is 35.3 Å². The lowest BCUT2D eigenvalue weighted by Gasteiger charge is -2.30. The number of piperidine rings is 2. The number of amides is 2. The van der Waals surface area contributed by atoms with Crippen LogP contribution in [0.1, 0.15) is 70.4 Å². The zero-order chi connectivity index (χ0) is 27.4. The number of carbonyl (C=O) groups excluding carboxylic acids is 3. The molecule has 2 aliphatic rings. The Kier molecular flexibility index (Phi) is 8.98. The molecule has 0 N–H and O–H groups in total. The molecule has 0 radical (unpaired) electrons. The van der Waals surface area contributed by atoms with Gasteiger partial charge in [-0.3, -0.25) is 14.4 Å². The minimum absolute atomic E-state index is 0.0247. The quantitative estimate of drug-likeness (QED) is 0.263. The third-order valence-corrected chi connectivity index (χ3v) is 8.77. The Morgan fingerprint density at radius 2 is 1.18 bits per heavy atom. The van der Waals surface area contributed by atoms with Crippen molar-refractivity contribution in [1.82, 2.24) is 9.80 Å². The molecule has 5 nitrogen and oxygen atoms in total. The maximum atomic E-state index is 14.3. The number of nitrogens with zero attached hydrogens (tertiary/aromatic N) is 2. The van der Waals surface area contributed by atoms with Crippen LogP contribution in [-0.4, -0.2) is 53.6 Å². The average molecular weight is 652 g/mol. The van der Waals surface area contributed by atoms with E-state index in [1.165, 1.54) is 0 Å². The lowest BCUT2D eigenvalue weighted by molar-refractivity contribution is -0.131. The third kappa shape index (κ3) is 6.36. The Morgan fingerprint density at radius 1 is 0.641 bits per heavy atom. The standard InChI is InChI=1S/C32H32Br2N2O3/c33-24-11-7-22(8-12-24)26-15-16-27(32(39)36-19-5-2-6-20-36)28(21-29(37)35-17-3-1-4-18-35)30(26)31(38)23-9-13-25(34)14-10-23/h7-16H,1-6,17-21H2. The molecular weight excluding hydrogens is 620 g/mol. The first-order valence-corrected chi connectivity index (χ1v) is 15.3. The van der Waals surface area contributed by atoms with E-state index in [4.69, 9.17) is 0 Å². The fourth-order valence-electron chi connectivity index (χ4n) is 5.58. The van der Waals surface area contributed by atoms with Gasteiger partial charge < -0.3 is 9.80 Å². The molecule has 0 saturated carbocycles. The van der Waals surface area contributed by atoms with E-state index in [9.17, 15) is 14.4 Å². The highest BCUT2D eigenvalue weighted by molar-refractivity contribution is 9.10. The summed E-state index contributed by atoms with van der Waals surface area (Å²) < 4.78 is 1.81. The third-order valence-electron chi connectivity index (χ3n) is 7.71. The molecule has 2 fully saturated rings. The highest BCUT2D eigenvalue weighted by Gasteiger charge is 2.30. The molecule has 3 aromatic carbocycles. The van der Waals surface area contributed by atoms with Gasteiger partial charge in [0.05, 0.1) is 6.42 Å². The number of rotatable bonds is 6. The SMILES string of the molecule is O=C(c1ccc(Br)cc1)c1c(-c2ccc(Br)cc2)ccc(C(=O)N2CCCCC2)c1CC(=O)N1CCCCC1. The Morgan fingerprint density at radius 3 is 1.77 bits per heavy atom. The van der Waals surface area contributed by atoms with E-state index >= 15 is 0 Å². The van der Waals surface area contributed by atoms with Gasteiger partial charge in [0.2, 0.25) is 5.91 Å². The average Bonchev–Trinajstić information content (AvgIpc) is 2.98. The molecule has 7 heteroatoms. The maximum Gasteiger partial charge on any atom is 0.254 e. The summed E-state index contributed by atoms with van der Waals surface area (Å²) in [4.78, 5) is 45.6. The topological polar surface area (TPSA) is 57.7 Å². The van der Waals surface area contributed by atoms with Crippen LogP contribution in [0.5, 0.6) is 0 Å². The predicted molar refractivity (Wildman–Crippen MR) is 161 cm³/mol. The second-order valence-corrected chi connectivity index (χ2v) is 12.2. The number of likely N-dealkylation sites (tertiary alicyclic amines) is 2.